The second kappa shape index (κ2) is 4.55. The van der Waals surface area contributed by atoms with E-state index in [9.17, 15) is 8.42 Å². The van der Waals surface area contributed by atoms with Crippen molar-refractivity contribution in [3.8, 4) is 0 Å². The van der Waals surface area contributed by atoms with Gasteiger partial charge in [0, 0.05) is 12.1 Å². The van der Waals surface area contributed by atoms with Crippen molar-refractivity contribution in [2.45, 2.75) is 26.7 Å². The van der Waals surface area contributed by atoms with E-state index >= 15 is 0 Å². The number of pyridine rings is 1. The number of nitrogens with zero attached hydrogens (tertiary/aromatic N) is 1. The molecule has 0 aliphatic heterocycles. The van der Waals surface area contributed by atoms with Crippen molar-refractivity contribution < 1.29 is 12.4 Å². The lowest BCUT2D eigenvalue weighted by Crippen LogP contribution is -2.43. The normalized spacial score (nSPS) is 11.6. The Morgan fingerprint density at radius 2 is 1.86 bits per heavy atom. The maximum Gasteiger partial charge on any atom is 0.369 e. The average molecular weight is 214 g/mol. The van der Waals surface area contributed by atoms with Crippen LogP contribution >= 0.6 is 0 Å². The minimum Gasteiger partial charge on any atom is -0.163 e. The largest absolute Gasteiger partial charge is 0.369 e. The number of aromatic nitrogens is 1. The summed E-state index contributed by atoms with van der Waals surface area (Å²) in [6.45, 7) is 3.92. The molecule has 0 amide bonds. The molecule has 78 valence electrons. The van der Waals surface area contributed by atoms with Crippen LogP contribution in [0, 0.1) is 6.92 Å². The van der Waals surface area contributed by atoms with Crippen molar-refractivity contribution >= 4 is 10.0 Å². The van der Waals surface area contributed by atoms with Crippen molar-refractivity contribution in [1.29, 1.82) is 0 Å². The third-order valence-electron chi connectivity index (χ3n) is 2.05. The van der Waals surface area contributed by atoms with E-state index < -0.39 is 10.0 Å². The minimum atomic E-state index is -3.12. The van der Waals surface area contributed by atoms with E-state index in [1.165, 1.54) is 3.97 Å². The zero-order valence-corrected chi connectivity index (χ0v) is 9.42. The lowest BCUT2D eigenvalue weighted by Gasteiger charge is -1.97. The average Bonchev–Trinajstić information content (AvgIpc) is 2.16. The first-order valence-corrected chi connectivity index (χ1v) is 6.38. The van der Waals surface area contributed by atoms with Gasteiger partial charge in [0.1, 0.15) is 5.75 Å². The molecule has 14 heavy (non-hydrogen) atoms. The lowest BCUT2D eigenvalue weighted by atomic mass is 10.3. The van der Waals surface area contributed by atoms with Crippen LogP contribution in [-0.4, -0.2) is 14.2 Å². The molecule has 1 heterocycles. The molecule has 0 fully saturated rings. The molecule has 0 N–H and O–H groups in total. The molecule has 0 saturated carbocycles. The highest BCUT2D eigenvalue weighted by molar-refractivity contribution is 7.84. The minimum absolute atomic E-state index is 0.219. The second-order valence-electron chi connectivity index (χ2n) is 3.37. The van der Waals surface area contributed by atoms with Gasteiger partial charge in [-0.1, -0.05) is 17.3 Å². The summed E-state index contributed by atoms with van der Waals surface area (Å²) in [5, 5.41) is 0. The van der Waals surface area contributed by atoms with E-state index in [2.05, 4.69) is 0 Å². The quantitative estimate of drug-likeness (QED) is 0.708. The molecule has 0 bridgehead atoms. The Balaban J connectivity index is 2.87. The summed E-state index contributed by atoms with van der Waals surface area (Å²) in [6.07, 6.45) is 4.80. The lowest BCUT2D eigenvalue weighted by molar-refractivity contribution is -0.511. The summed E-state index contributed by atoms with van der Waals surface area (Å²) in [4.78, 5) is 0. The first-order chi connectivity index (χ1) is 6.56. The van der Waals surface area contributed by atoms with Crippen LogP contribution in [0.1, 0.15) is 25.3 Å². The van der Waals surface area contributed by atoms with Gasteiger partial charge in [0.25, 0.3) is 0 Å². The van der Waals surface area contributed by atoms with E-state index in [1.54, 1.807) is 24.5 Å². The molecular weight excluding hydrogens is 198 g/mol. The molecular formula is C10H16NO2S+. The standard InChI is InChI=1S/C10H16NO2S/c1-3-4-9-14(12,13)11-7-5-10(2)6-8-11/h5-8H,3-4,9H2,1-2H3/q+1. The molecule has 0 aromatic carbocycles. The molecule has 1 rings (SSSR count). The van der Waals surface area contributed by atoms with Gasteiger partial charge in [0.15, 0.2) is 12.4 Å². The van der Waals surface area contributed by atoms with E-state index in [0.29, 0.717) is 6.42 Å². The van der Waals surface area contributed by atoms with E-state index in [-0.39, 0.29) is 5.75 Å². The van der Waals surface area contributed by atoms with Crippen LogP contribution in [0.25, 0.3) is 0 Å². The maximum absolute atomic E-state index is 11.7. The van der Waals surface area contributed by atoms with Crippen molar-refractivity contribution in [3.05, 3.63) is 30.1 Å². The molecule has 1 aromatic heterocycles. The van der Waals surface area contributed by atoms with Crippen molar-refractivity contribution in [2.24, 2.45) is 0 Å². The molecule has 1 aromatic rings. The molecule has 4 heteroatoms. The molecule has 0 unspecified atom stereocenters. The van der Waals surface area contributed by atoms with Gasteiger partial charge in [-0.25, -0.2) is 0 Å². The highest BCUT2D eigenvalue weighted by atomic mass is 32.2. The highest BCUT2D eigenvalue weighted by Gasteiger charge is 2.19. The molecule has 0 aliphatic carbocycles. The first-order valence-electron chi connectivity index (χ1n) is 4.77. The van der Waals surface area contributed by atoms with Crippen molar-refractivity contribution in [1.82, 2.24) is 0 Å². The molecule has 0 spiro atoms. The maximum atomic E-state index is 11.7. The van der Waals surface area contributed by atoms with Gasteiger partial charge in [-0.2, -0.15) is 8.42 Å². The third kappa shape index (κ3) is 2.80. The predicted molar refractivity (Wildman–Crippen MR) is 55.5 cm³/mol. The Morgan fingerprint density at radius 3 is 2.36 bits per heavy atom. The Morgan fingerprint density at radius 1 is 1.29 bits per heavy atom. The SMILES string of the molecule is CCCCS(=O)(=O)[n+]1ccc(C)cc1. The van der Waals surface area contributed by atoms with Crippen LogP contribution in [0.4, 0.5) is 0 Å². The van der Waals surface area contributed by atoms with Crippen LogP contribution in [0.2, 0.25) is 0 Å². The number of rotatable bonds is 4. The number of unbranched alkanes of at least 4 members (excludes halogenated alkanes) is 1. The Labute approximate surface area is 85.4 Å². The molecule has 0 radical (unpaired) electrons. The number of hydrogen-bond acceptors (Lipinski definition) is 2. The Bertz CT molecular complexity index is 381. The van der Waals surface area contributed by atoms with E-state index in [0.717, 1.165) is 12.0 Å². The summed E-state index contributed by atoms with van der Waals surface area (Å²) in [7, 11) is -3.12. The van der Waals surface area contributed by atoms with Crippen molar-refractivity contribution in [2.75, 3.05) is 5.75 Å². The Kier molecular flexibility index (Phi) is 3.63. The van der Waals surface area contributed by atoms with Gasteiger partial charge in [-0.15, -0.1) is 0 Å². The van der Waals surface area contributed by atoms with Gasteiger partial charge < -0.3 is 0 Å². The summed E-state index contributed by atoms with van der Waals surface area (Å²) in [5.74, 6) is 0.219. The third-order valence-corrected chi connectivity index (χ3v) is 3.74. The van der Waals surface area contributed by atoms with Crippen LogP contribution in [0.15, 0.2) is 24.5 Å². The molecule has 0 aliphatic rings. The van der Waals surface area contributed by atoms with Gasteiger partial charge >= 0.3 is 10.0 Å². The van der Waals surface area contributed by atoms with Crippen molar-refractivity contribution in [3.63, 3.8) is 0 Å². The van der Waals surface area contributed by atoms with Crippen LogP contribution in [0.5, 0.6) is 0 Å². The first kappa shape index (κ1) is 11.2. The summed E-state index contributed by atoms with van der Waals surface area (Å²) < 4.78 is 24.6. The number of hydrogen-bond donors (Lipinski definition) is 0. The fraction of sp³-hybridized carbons (Fsp3) is 0.500. The fourth-order valence-corrected chi connectivity index (χ4v) is 2.46. The zero-order chi connectivity index (χ0) is 10.6. The summed E-state index contributed by atoms with van der Waals surface area (Å²) >= 11 is 0. The van der Waals surface area contributed by atoms with Crippen LogP contribution in [-0.2, 0) is 10.0 Å². The molecule has 3 nitrogen and oxygen atoms in total. The summed E-state index contributed by atoms with van der Waals surface area (Å²) in [5.41, 5.74) is 1.06. The van der Waals surface area contributed by atoms with Gasteiger partial charge in [0.05, 0.1) is 0 Å². The second-order valence-corrected chi connectivity index (χ2v) is 5.37. The van der Waals surface area contributed by atoms with Crippen LogP contribution < -0.4 is 3.97 Å². The van der Waals surface area contributed by atoms with Gasteiger partial charge in [-0.05, 0) is 18.9 Å². The van der Waals surface area contributed by atoms with E-state index in [1.807, 2.05) is 13.8 Å². The highest BCUT2D eigenvalue weighted by Crippen LogP contribution is 1.96. The number of aryl methyl sites for hydroxylation is 1. The smallest absolute Gasteiger partial charge is 0.163 e. The predicted octanol–water partition coefficient (Wildman–Crippen LogP) is 1.26. The Hall–Kier alpha value is -0.900. The zero-order valence-electron chi connectivity index (χ0n) is 8.60. The fourth-order valence-electron chi connectivity index (χ4n) is 1.10. The summed E-state index contributed by atoms with van der Waals surface area (Å²) in [6, 6.07) is 3.59. The van der Waals surface area contributed by atoms with Gasteiger partial charge in [0.2, 0.25) is 0 Å². The topological polar surface area (TPSA) is 38.0 Å². The van der Waals surface area contributed by atoms with Crippen LogP contribution in [0.3, 0.4) is 0 Å². The molecule has 0 atom stereocenters. The van der Waals surface area contributed by atoms with Gasteiger partial charge in [-0.3, -0.25) is 0 Å². The van der Waals surface area contributed by atoms with E-state index in [4.69, 9.17) is 0 Å². The monoisotopic (exact) mass is 214 g/mol. The molecule has 0 saturated heterocycles.